The van der Waals surface area contributed by atoms with Crippen LogP contribution in [0.3, 0.4) is 0 Å². The molecule has 0 aromatic carbocycles. The zero-order valence-corrected chi connectivity index (χ0v) is 10.8. The Morgan fingerprint density at radius 3 is 3.18 bits per heavy atom. The summed E-state index contributed by atoms with van der Waals surface area (Å²) < 4.78 is 0. The van der Waals surface area contributed by atoms with Crippen molar-refractivity contribution < 1.29 is 0 Å². The van der Waals surface area contributed by atoms with Crippen LogP contribution in [-0.4, -0.2) is 29.5 Å². The summed E-state index contributed by atoms with van der Waals surface area (Å²) in [4.78, 5) is 7.93. The van der Waals surface area contributed by atoms with Gasteiger partial charge in [-0.25, -0.2) is 4.98 Å². The van der Waals surface area contributed by atoms with Crippen molar-refractivity contribution in [1.29, 1.82) is 0 Å². The maximum atomic E-state index is 6.00. The summed E-state index contributed by atoms with van der Waals surface area (Å²) in [5.41, 5.74) is 7.43. The van der Waals surface area contributed by atoms with Crippen molar-refractivity contribution in [2.75, 3.05) is 13.6 Å². The molecule has 2 aromatic heterocycles. The number of fused-ring (bicyclic) bond motifs is 1. The predicted octanol–water partition coefficient (Wildman–Crippen LogP) is 2.39. The summed E-state index contributed by atoms with van der Waals surface area (Å²) in [6.45, 7) is 0.988. The number of likely N-dealkylation sites (tertiary alicyclic amines) is 1. The van der Waals surface area contributed by atoms with Gasteiger partial charge < -0.3 is 5.73 Å². The number of pyridine rings is 1. The molecule has 2 atom stereocenters. The molecule has 1 aliphatic heterocycles. The van der Waals surface area contributed by atoms with Crippen LogP contribution in [-0.2, 0) is 0 Å². The molecule has 90 valence electrons. The van der Waals surface area contributed by atoms with Gasteiger partial charge in [0.15, 0.2) is 0 Å². The molecule has 2 aromatic rings. The van der Waals surface area contributed by atoms with Crippen molar-refractivity contribution in [3.8, 4) is 0 Å². The van der Waals surface area contributed by atoms with E-state index >= 15 is 0 Å². The molecule has 2 unspecified atom stereocenters. The number of aromatic nitrogens is 1. The fourth-order valence-electron chi connectivity index (χ4n) is 2.72. The van der Waals surface area contributed by atoms with E-state index in [-0.39, 0.29) is 0 Å². The van der Waals surface area contributed by atoms with Crippen molar-refractivity contribution in [2.45, 2.75) is 24.9 Å². The van der Waals surface area contributed by atoms with E-state index in [9.17, 15) is 0 Å². The number of rotatable bonds is 1. The largest absolute Gasteiger partial charge is 0.327 e. The summed E-state index contributed by atoms with van der Waals surface area (Å²) in [6, 6.07) is 5.04. The van der Waals surface area contributed by atoms with Crippen LogP contribution in [0.2, 0.25) is 0 Å². The Morgan fingerprint density at radius 1 is 1.47 bits per heavy atom. The predicted molar refractivity (Wildman–Crippen MR) is 72.2 cm³/mol. The minimum absolute atomic E-state index is 0.333. The van der Waals surface area contributed by atoms with Gasteiger partial charge >= 0.3 is 0 Å². The van der Waals surface area contributed by atoms with Crippen LogP contribution in [0.15, 0.2) is 23.7 Å². The fraction of sp³-hybridized carbons (Fsp3) is 0.462. The molecule has 1 saturated heterocycles. The number of likely N-dealkylation sites (N-methyl/N-ethyl adjacent to an activating group) is 1. The lowest BCUT2D eigenvalue weighted by molar-refractivity contribution is 0.171. The first kappa shape index (κ1) is 11.1. The molecule has 0 radical (unpaired) electrons. The Hall–Kier alpha value is -0.970. The SMILES string of the molecule is CN1CC(N)CCC1c1csc2ncccc12. The number of nitrogens with two attached hydrogens (primary N) is 1. The van der Waals surface area contributed by atoms with E-state index in [0.717, 1.165) is 24.2 Å². The molecule has 0 amide bonds. The molecular formula is C13H17N3S. The lowest BCUT2D eigenvalue weighted by Crippen LogP contribution is -2.42. The molecule has 4 heteroatoms. The maximum absolute atomic E-state index is 6.00. The third-order valence-electron chi connectivity index (χ3n) is 3.60. The number of hydrogen-bond acceptors (Lipinski definition) is 4. The van der Waals surface area contributed by atoms with E-state index in [1.165, 1.54) is 10.9 Å². The molecule has 0 aliphatic carbocycles. The second-order valence-electron chi connectivity index (χ2n) is 4.84. The Balaban J connectivity index is 1.98. The van der Waals surface area contributed by atoms with Crippen LogP contribution in [0.5, 0.6) is 0 Å². The summed E-state index contributed by atoms with van der Waals surface area (Å²) in [6.07, 6.45) is 4.13. The van der Waals surface area contributed by atoms with E-state index in [1.807, 2.05) is 12.3 Å². The van der Waals surface area contributed by atoms with Gasteiger partial charge in [0, 0.05) is 30.2 Å². The summed E-state index contributed by atoms with van der Waals surface area (Å²) in [5, 5.41) is 3.57. The average Bonchev–Trinajstić information content (AvgIpc) is 2.73. The Kier molecular flexibility index (Phi) is 2.86. The van der Waals surface area contributed by atoms with Gasteiger partial charge in [0.05, 0.1) is 0 Å². The molecule has 0 bridgehead atoms. The molecular weight excluding hydrogens is 230 g/mol. The van der Waals surface area contributed by atoms with Crippen molar-refractivity contribution in [3.63, 3.8) is 0 Å². The molecule has 0 spiro atoms. The average molecular weight is 247 g/mol. The van der Waals surface area contributed by atoms with Crippen LogP contribution in [0.1, 0.15) is 24.4 Å². The van der Waals surface area contributed by atoms with Gasteiger partial charge in [0.2, 0.25) is 0 Å². The zero-order valence-electron chi connectivity index (χ0n) is 9.97. The first-order valence-electron chi connectivity index (χ1n) is 6.03. The Bertz CT molecular complexity index is 522. The van der Waals surface area contributed by atoms with E-state index in [4.69, 9.17) is 5.73 Å². The van der Waals surface area contributed by atoms with Crippen molar-refractivity contribution in [1.82, 2.24) is 9.88 Å². The lowest BCUT2D eigenvalue weighted by atomic mass is 9.94. The number of nitrogens with zero attached hydrogens (tertiary/aromatic N) is 2. The van der Waals surface area contributed by atoms with Crippen LogP contribution in [0, 0.1) is 0 Å². The van der Waals surface area contributed by atoms with Gasteiger partial charge in [0.1, 0.15) is 4.83 Å². The van der Waals surface area contributed by atoms with E-state index in [2.05, 4.69) is 28.4 Å². The second-order valence-corrected chi connectivity index (χ2v) is 5.70. The van der Waals surface area contributed by atoms with Gasteiger partial charge in [-0.3, -0.25) is 4.90 Å². The summed E-state index contributed by atoms with van der Waals surface area (Å²) >= 11 is 1.74. The van der Waals surface area contributed by atoms with Crippen LogP contribution >= 0.6 is 11.3 Å². The highest BCUT2D eigenvalue weighted by atomic mass is 32.1. The third kappa shape index (κ3) is 1.97. The van der Waals surface area contributed by atoms with Crippen molar-refractivity contribution in [3.05, 3.63) is 29.3 Å². The number of hydrogen-bond donors (Lipinski definition) is 1. The van der Waals surface area contributed by atoms with E-state index in [0.29, 0.717) is 12.1 Å². The number of piperidine rings is 1. The molecule has 3 heterocycles. The second kappa shape index (κ2) is 4.37. The number of thiophene rings is 1. The first-order chi connectivity index (χ1) is 8.25. The quantitative estimate of drug-likeness (QED) is 0.841. The standard InChI is InChI=1S/C13H17N3S/c1-16-7-9(14)4-5-12(16)11-8-17-13-10(11)3-2-6-15-13/h2-3,6,8-9,12H,4-5,7,14H2,1H3. The summed E-state index contributed by atoms with van der Waals surface area (Å²) in [5.74, 6) is 0. The van der Waals surface area contributed by atoms with Gasteiger partial charge in [-0.2, -0.15) is 0 Å². The van der Waals surface area contributed by atoms with Crippen molar-refractivity contribution in [2.24, 2.45) is 5.73 Å². The molecule has 0 saturated carbocycles. The van der Waals surface area contributed by atoms with Gasteiger partial charge in [-0.1, -0.05) is 6.07 Å². The minimum Gasteiger partial charge on any atom is -0.327 e. The molecule has 17 heavy (non-hydrogen) atoms. The van der Waals surface area contributed by atoms with E-state index in [1.54, 1.807) is 11.3 Å². The highest BCUT2D eigenvalue weighted by molar-refractivity contribution is 7.16. The molecule has 1 aliphatic rings. The monoisotopic (exact) mass is 247 g/mol. The molecule has 3 rings (SSSR count). The van der Waals surface area contributed by atoms with Gasteiger partial charge in [0.25, 0.3) is 0 Å². The fourth-order valence-corrected chi connectivity index (χ4v) is 3.68. The van der Waals surface area contributed by atoms with Gasteiger partial charge in [-0.15, -0.1) is 11.3 Å². The smallest absolute Gasteiger partial charge is 0.123 e. The summed E-state index contributed by atoms with van der Waals surface area (Å²) in [7, 11) is 2.17. The first-order valence-corrected chi connectivity index (χ1v) is 6.91. The normalized spacial score (nSPS) is 26.5. The third-order valence-corrected chi connectivity index (χ3v) is 4.52. The van der Waals surface area contributed by atoms with Gasteiger partial charge in [-0.05, 0) is 36.9 Å². The molecule has 1 fully saturated rings. The highest BCUT2D eigenvalue weighted by Gasteiger charge is 2.26. The zero-order chi connectivity index (χ0) is 11.8. The van der Waals surface area contributed by atoms with Crippen molar-refractivity contribution >= 4 is 21.6 Å². The molecule has 2 N–H and O–H groups in total. The van der Waals surface area contributed by atoms with Crippen LogP contribution in [0.25, 0.3) is 10.2 Å². The minimum atomic E-state index is 0.333. The molecule has 3 nitrogen and oxygen atoms in total. The van der Waals surface area contributed by atoms with E-state index < -0.39 is 0 Å². The Labute approximate surface area is 105 Å². The Morgan fingerprint density at radius 2 is 2.35 bits per heavy atom. The highest BCUT2D eigenvalue weighted by Crippen LogP contribution is 2.36. The van der Waals surface area contributed by atoms with Crippen LogP contribution < -0.4 is 5.73 Å². The maximum Gasteiger partial charge on any atom is 0.123 e. The topological polar surface area (TPSA) is 42.1 Å². The lowest BCUT2D eigenvalue weighted by Gasteiger charge is -2.35. The van der Waals surface area contributed by atoms with Crippen LogP contribution in [0.4, 0.5) is 0 Å².